The summed E-state index contributed by atoms with van der Waals surface area (Å²) >= 11 is 1.61. The van der Waals surface area contributed by atoms with Crippen LogP contribution in [-0.4, -0.2) is 12.1 Å². The SMILES string of the molecule is CCCCCCCCCCCCCC(=O)N/N=C\c1cccs1. The summed E-state index contributed by atoms with van der Waals surface area (Å²) in [7, 11) is 0. The lowest BCUT2D eigenvalue weighted by molar-refractivity contribution is -0.121. The molecule has 1 N–H and O–H groups in total. The molecule has 0 saturated heterocycles. The number of carbonyl (C=O) groups excluding carboxylic acids is 1. The molecule has 0 aliphatic rings. The molecule has 1 aromatic rings. The summed E-state index contributed by atoms with van der Waals surface area (Å²) in [6.45, 7) is 2.26. The molecule has 1 rings (SSSR count). The molecular formula is C19H32N2OS. The number of nitrogens with one attached hydrogen (secondary N) is 1. The van der Waals surface area contributed by atoms with Gasteiger partial charge in [0.2, 0.25) is 5.91 Å². The fraction of sp³-hybridized carbons (Fsp3) is 0.684. The van der Waals surface area contributed by atoms with E-state index < -0.39 is 0 Å². The highest BCUT2D eigenvalue weighted by Gasteiger charge is 1.99. The van der Waals surface area contributed by atoms with E-state index in [9.17, 15) is 4.79 Å². The molecule has 1 heterocycles. The van der Waals surface area contributed by atoms with E-state index in [1.54, 1.807) is 17.6 Å². The molecule has 0 bridgehead atoms. The Bertz CT molecular complexity index is 415. The van der Waals surface area contributed by atoms with Crippen LogP contribution >= 0.6 is 11.3 Å². The third kappa shape index (κ3) is 12.0. The zero-order chi connectivity index (χ0) is 16.6. The largest absolute Gasteiger partial charge is 0.273 e. The number of unbranched alkanes of at least 4 members (excludes halogenated alkanes) is 10. The molecule has 0 unspecified atom stereocenters. The van der Waals surface area contributed by atoms with E-state index >= 15 is 0 Å². The predicted octanol–water partition coefficient (Wildman–Crippen LogP) is 5.90. The third-order valence-corrected chi connectivity index (χ3v) is 4.74. The highest BCUT2D eigenvalue weighted by molar-refractivity contribution is 7.11. The van der Waals surface area contributed by atoms with Crippen molar-refractivity contribution in [3.05, 3.63) is 22.4 Å². The van der Waals surface area contributed by atoms with Crippen LogP contribution in [-0.2, 0) is 4.79 Å². The Morgan fingerprint density at radius 1 is 1.04 bits per heavy atom. The summed E-state index contributed by atoms with van der Waals surface area (Å²) in [4.78, 5) is 12.7. The zero-order valence-corrected chi connectivity index (χ0v) is 15.4. The molecule has 3 nitrogen and oxygen atoms in total. The van der Waals surface area contributed by atoms with Crippen LogP contribution in [0, 0.1) is 0 Å². The van der Waals surface area contributed by atoms with Crippen molar-refractivity contribution >= 4 is 23.5 Å². The molecule has 23 heavy (non-hydrogen) atoms. The van der Waals surface area contributed by atoms with Crippen molar-refractivity contribution in [3.63, 3.8) is 0 Å². The average molecular weight is 337 g/mol. The zero-order valence-electron chi connectivity index (χ0n) is 14.6. The fourth-order valence-electron chi connectivity index (χ4n) is 2.54. The second-order valence-electron chi connectivity index (χ2n) is 6.09. The normalized spacial score (nSPS) is 11.2. The standard InChI is InChI=1S/C19H32N2OS/c1-2-3-4-5-6-7-8-9-10-11-12-15-19(22)21-20-17-18-14-13-16-23-18/h13-14,16-17H,2-12,15H2,1H3,(H,21,22)/b20-17-. The Hall–Kier alpha value is -1.16. The molecule has 130 valence electrons. The number of carbonyl (C=O) groups is 1. The molecular weight excluding hydrogens is 304 g/mol. The van der Waals surface area contributed by atoms with E-state index in [1.807, 2.05) is 17.5 Å². The molecule has 0 aliphatic carbocycles. The average Bonchev–Trinajstić information content (AvgIpc) is 3.06. The van der Waals surface area contributed by atoms with Crippen LogP contribution in [0.15, 0.2) is 22.6 Å². The summed E-state index contributed by atoms with van der Waals surface area (Å²) < 4.78 is 0. The van der Waals surface area contributed by atoms with Crippen LogP contribution in [0.25, 0.3) is 0 Å². The lowest BCUT2D eigenvalue weighted by Crippen LogP contribution is -2.16. The Kier molecular flexibility index (Phi) is 12.5. The Morgan fingerprint density at radius 3 is 2.22 bits per heavy atom. The number of hydrazone groups is 1. The Morgan fingerprint density at radius 2 is 1.65 bits per heavy atom. The lowest BCUT2D eigenvalue weighted by atomic mass is 10.1. The van der Waals surface area contributed by atoms with Crippen molar-refractivity contribution in [2.75, 3.05) is 0 Å². The molecule has 0 radical (unpaired) electrons. The fourth-order valence-corrected chi connectivity index (χ4v) is 3.12. The van der Waals surface area contributed by atoms with Crippen LogP contribution in [0.5, 0.6) is 0 Å². The van der Waals surface area contributed by atoms with Crippen LogP contribution in [0.3, 0.4) is 0 Å². The first-order valence-electron chi connectivity index (χ1n) is 9.18. The third-order valence-electron chi connectivity index (χ3n) is 3.93. The van der Waals surface area contributed by atoms with Gasteiger partial charge in [-0.1, -0.05) is 77.2 Å². The molecule has 0 atom stereocenters. The van der Waals surface area contributed by atoms with Gasteiger partial charge in [0.15, 0.2) is 0 Å². The van der Waals surface area contributed by atoms with Gasteiger partial charge in [-0.2, -0.15) is 5.10 Å². The van der Waals surface area contributed by atoms with Gasteiger partial charge in [-0.05, 0) is 17.9 Å². The molecule has 0 saturated carbocycles. The molecule has 1 amide bonds. The molecule has 4 heteroatoms. The van der Waals surface area contributed by atoms with E-state index in [0.717, 1.165) is 17.7 Å². The molecule has 0 aromatic carbocycles. The quantitative estimate of drug-likeness (QED) is 0.256. The van der Waals surface area contributed by atoms with Crippen molar-refractivity contribution < 1.29 is 4.79 Å². The van der Waals surface area contributed by atoms with Crippen molar-refractivity contribution in [2.45, 2.75) is 84.0 Å². The first-order chi connectivity index (χ1) is 11.3. The second kappa shape index (κ2) is 14.4. The van der Waals surface area contributed by atoms with Gasteiger partial charge < -0.3 is 0 Å². The van der Waals surface area contributed by atoms with E-state index in [-0.39, 0.29) is 5.91 Å². The van der Waals surface area contributed by atoms with E-state index in [4.69, 9.17) is 0 Å². The summed E-state index contributed by atoms with van der Waals surface area (Å²) in [5.74, 6) is 0.0220. The van der Waals surface area contributed by atoms with Crippen LogP contribution in [0.2, 0.25) is 0 Å². The summed E-state index contributed by atoms with van der Waals surface area (Å²) in [5, 5.41) is 5.96. The maximum Gasteiger partial charge on any atom is 0.240 e. The number of nitrogens with zero attached hydrogens (tertiary/aromatic N) is 1. The summed E-state index contributed by atoms with van der Waals surface area (Å²) in [6.07, 6.45) is 16.6. The van der Waals surface area contributed by atoms with Crippen molar-refractivity contribution in [1.82, 2.24) is 5.43 Å². The number of hydrogen-bond acceptors (Lipinski definition) is 3. The monoisotopic (exact) mass is 336 g/mol. The van der Waals surface area contributed by atoms with Crippen LogP contribution in [0.1, 0.15) is 88.9 Å². The van der Waals surface area contributed by atoms with E-state index in [0.29, 0.717) is 6.42 Å². The minimum absolute atomic E-state index is 0.0220. The lowest BCUT2D eigenvalue weighted by Gasteiger charge is -2.02. The predicted molar refractivity (Wildman–Crippen MR) is 101 cm³/mol. The number of hydrogen-bond donors (Lipinski definition) is 1. The van der Waals surface area contributed by atoms with Gasteiger partial charge in [-0.25, -0.2) is 5.43 Å². The minimum atomic E-state index is 0.0220. The van der Waals surface area contributed by atoms with Gasteiger partial charge in [0.05, 0.1) is 6.21 Å². The molecule has 0 fully saturated rings. The molecule has 0 aliphatic heterocycles. The minimum Gasteiger partial charge on any atom is -0.273 e. The van der Waals surface area contributed by atoms with Gasteiger partial charge in [0.25, 0.3) is 0 Å². The first-order valence-corrected chi connectivity index (χ1v) is 10.1. The van der Waals surface area contributed by atoms with Crippen LogP contribution in [0.4, 0.5) is 0 Å². The van der Waals surface area contributed by atoms with E-state index in [1.165, 1.54) is 57.8 Å². The van der Waals surface area contributed by atoms with Gasteiger partial charge in [0, 0.05) is 11.3 Å². The topological polar surface area (TPSA) is 41.5 Å². The summed E-state index contributed by atoms with van der Waals surface area (Å²) in [6, 6.07) is 3.95. The van der Waals surface area contributed by atoms with Crippen molar-refractivity contribution in [1.29, 1.82) is 0 Å². The highest BCUT2D eigenvalue weighted by atomic mass is 32.1. The van der Waals surface area contributed by atoms with Crippen molar-refractivity contribution in [3.8, 4) is 0 Å². The molecule has 0 spiro atoms. The van der Waals surface area contributed by atoms with Gasteiger partial charge in [-0.15, -0.1) is 11.3 Å². The van der Waals surface area contributed by atoms with Gasteiger partial charge in [-0.3, -0.25) is 4.79 Å². The second-order valence-corrected chi connectivity index (χ2v) is 7.07. The number of thiophene rings is 1. The Balaban J connectivity index is 1.84. The smallest absolute Gasteiger partial charge is 0.240 e. The highest BCUT2D eigenvalue weighted by Crippen LogP contribution is 2.11. The molecule has 1 aromatic heterocycles. The van der Waals surface area contributed by atoms with E-state index in [2.05, 4.69) is 17.5 Å². The number of amides is 1. The summed E-state index contributed by atoms with van der Waals surface area (Å²) in [5.41, 5.74) is 2.59. The van der Waals surface area contributed by atoms with Gasteiger partial charge in [0.1, 0.15) is 0 Å². The maximum atomic E-state index is 11.6. The van der Waals surface area contributed by atoms with Crippen LogP contribution < -0.4 is 5.43 Å². The van der Waals surface area contributed by atoms with Crippen molar-refractivity contribution in [2.24, 2.45) is 5.10 Å². The maximum absolute atomic E-state index is 11.6. The number of rotatable bonds is 14. The van der Waals surface area contributed by atoms with Gasteiger partial charge >= 0.3 is 0 Å². The Labute approximate surface area is 145 Å². The first kappa shape index (κ1) is 19.9.